The highest BCUT2D eigenvalue weighted by Gasteiger charge is 2.24. The van der Waals surface area contributed by atoms with Crippen molar-refractivity contribution in [3.63, 3.8) is 0 Å². The van der Waals surface area contributed by atoms with Crippen molar-refractivity contribution >= 4 is 23.4 Å². The second kappa shape index (κ2) is 8.33. The summed E-state index contributed by atoms with van der Waals surface area (Å²) in [5.41, 5.74) is 5.60. The Hall–Kier alpha value is -3.02. The van der Waals surface area contributed by atoms with Gasteiger partial charge in [-0.05, 0) is 44.0 Å². The van der Waals surface area contributed by atoms with Gasteiger partial charge in [0.15, 0.2) is 0 Å². The number of anilines is 2. The van der Waals surface area contributed by atoms with E-state index in [-0.39, 0.29) is 12.0 Å². The zero-order valence-electron chi connectivity index (χ0n) is 16.9. The fourth-order valence-corrected chi connectivity index (χ4v) is 3.75. The number of nitrogens with one attached hydrogen (secondary N) is 1. The minimum atomic E-state index is -0.346. The minimum absolute atomic E-state index is 0.0871. The topological polar surface area (TPSA) is 61.9 Å². The molecule has 1 fully saturated rings. The quantitative estimate of drug-likeness (QED) is 0.823. The Morgan fingerprint density at radius 3 is 2.18 bits per heavy atom. The van der Waals surface area contributed by atoms with Crippen LogP contribution in [-0.2, 0) is 4.74 Å². The van der Waals surface area contributed by atoms with Crippen LogP contribution in [-0.4, -0.2) is 50.2 Å². The van der Waals surface area contributed by atoms with Crippen LogP contribution < -0.4 is 10.2 Å². The Bertz CT molecular complexity index is 863. The summed E-state index contributed by atoms with van der Waals surface area (Å²) in [6.45, 7) is 8.57. The summed E-state index contributed by atoms with van der Waals surface area (Å²) in [4.78, 5) is 28.7. The van der Waals surface area contributed by atoms with Crippen molar-refractivity contribution in [1.29, 1.82) is 0 Å². The van der Waals surface area contributed by atoms with Crippen molar-refractivity contribution in [1.82, 2.24) is 4.90 Å². The Labute approximate surface area is 166 Å². The number of hydrogen-bond donors (Lipinski definition) is 1. The summed E-state index contributed by atoms with van der Waals surface area (Å²) < 4.78 is 4.88. The SMILES string of the molecule is COC(=O)c1ccccc1N1CCN(C(=O)Nc2c(C)cc(C)cc2C)CC1. The number of carbonyl (C=O) groups excluding carboxylic acids is 2. The predicted octanol–water partition coefficient (Wildman–Crippen LogP) is 3.75. The number of aryl methyl sites for hydroxylation is 3. The second-order valence-corrected chi connectivity index (χ2v) is 7.19. The number of carbonyl (C=O) groups is 2. The molecular formula is C22H27N3O3. The van der Waals surface area contributed by atoms with E-state index in [0.717, 1.165) is 22.5 Å². The number of para-hydroxylation sites is 1. The first-order valence-corrected chi connectivity index (χ1v) is 9.46. The predicted molar refractivity (Wildman–Crippen MR) is 111 cm³/mol. The van der Waals surface area contributed by atoms with Crippen LogP contribution in [0.15, 0.2) is 36.4 Å². The third kappa shape index (κ3) is 4.11. The van der Waals surface area contributed by atoms with Gasteiger partial charge in [-0.1, -0.05) is 29.8 Å². The summed E-state index contributed by atoms with van der Waals surface area (Å²) in [6, 6.07) is 11.5. The number of ether oxygens (including phenoxy) is 1. The Morgan fingerprint density at radius 2 is 1.57 bits per heavy atom. The van der Waals surface area contributed by atoms with E-state index in [9.17, 15) is 9.59 Å². The molecule has 0 saturated carbocycles. The first-order valence-electron chi connectivity index (χ1n) is 9.46. The fourth-order valence-electron chi connectivity index (χ4n) is 3.75. The molecule has 28 heavy (non-hydrogen) atoms. The van der Waals surface area contributed by atoms with Crippen LogP contribution >= 0.6 is 0 Å². The Kier molecular flexibility index (Phi) is 5.87. The van der Waals surface area contributed by atoms with Crippen molar-refractivity contribution in [2.75, 3.05) is 43.5 Å². The number of piperazine rings is 1. The molecule has 0 spiro atoms. The number of urea groups is 1. The largest absolute Gasteiger partial charge is 0.465 e. The maximum absolute atomic E-state index is 12.7. The van der Waals surface area contributed by atoms with E-state index in [0.29, 0.717) is 31.7 Å². The highest BCUT2D eigenvalue weighted by molar-refractivity contribution is 5.96. The molecule has 1 saturated heterocycles. The monoisotopic (exact) mass is 381 g/mol. The fraction of sp³-hybridized carbons (Fsp3) is 0.364. The standard InChI is InChI=1S/C22H27N3O3/c1-15-13-16(2)20(17(3)14-15)23-22(27)25-11-9-24(10-12-25)19-8-6-5-7-18(19)21(26)28-4/h5-8,13-14H,9-12H2,1-4H3,(H,23,27). The van der Waals surface area contributed by atoms with Gasteiger partial charge in [-0.25, -0.2) is 9.59 Å². The van der Waals surface area contributed by atoms with Crippen molar-refractivity contribution in [2.45, 2.75) is 20.8 Å². The summed E-state index contributed by atoms with van der Waals surface area (Å²) in [6.07, 6.45) is 0. The molecule has 1 N–H and O–H groups in total. The van der Waals surface area contributed by atoms with E-state index >= 15 is 0 Å². The van der Waals surface area contributed by atoms with Gasteiger partial charge < -0.3 is 19.9 Å². The maximum atomic E-state index is 12.7. The Balaban J connectivity index is 1.66. The molecular weight excluding hydrogens is 354 g/mol. The lowest BCUT2D eigenvalue weighted by atomic mass is 10.1. The van der Waals surface area contributed by atoms with Gasteiger partial charge in [0.2, 0.25) is 0 Å². The summed E-state index contributed by atoms with van der Waals surface area (Å²) in [5, 5.41) is 3.06. The van der Waals surface area contributed by atoms with Gasteiger partial charge in [0.1, 0.15) is 0 Å². The number of rotatable bonds is 3. The zero-order chi connectivity index (χ0) is 20.3. The van der Waals surface area contributed by atoms with E-state index in [4.69, 9.17) is 4.74 Å². The summed E-state index contributed by atoms with van der Waals surface area (Å²) in [7, 11) is 1.39. The molecule has 1 aliphatic rings. The van der Waals surface area contributed by atoms with Gasteiger partial charge >= 0.3 is 12.0 Å². The molecule has 2 aromatic carbocycles. The van der Waals surface area contributed by atoms with E-state index in [1.165, 1.54) is 12.7 Å². The third-order valence-corrected chi connectivity index (χ3v) is 5.13. The van der Waals surface area contributed by atoms with Crippen LogP contribution in [0.25, 0.3) is 0 Å². The molecule has 1 aliphatic heterocycles. The van der Waals surface area contributed by atoms with E-state index in [1.807, 2.05) is 36.9 Å². The lowest BCUT2D eigenvalue weighted by Crippen LogP contribution is -2.50. The van der Waals surface area contributed by atoms with Crippen molar-refractivity contribution in [3.8, 4) is 0 Å². The average molecular weight is 381 g/mol. The van der Waals surface area contributed by atoms with Crippen LogP contribution in [0.5, 0.6) is 0 Å². The van der Waals surface area contributed by atoms with E-state index in [2.05, 4.69) is 29.3 Å². The van der Waals surface area contributed by atoms with Crippen molar-refractivity contribution < 1.29 is 14.3 Å². The molecule has 1 heterocycles. The smallest absolute Gasteiger partial charge is 0.339 e. The summed E-state index contributed by atoms with van der Waals surface area (Å²) >= 11 is 0. The third-order valence-electron chi connectivity index (χ3n) is 5.13. The van der Waals surface area contributed by atoms with Gasteiger partial charge in [-0.3, -0.25) is 0 Å². The number of amides is 2. The zero-order valence-corrected chi connectivity index (χ0v) is 16.9. The van der Waals surface area contributed by atoms with Crippen molar-refractivity contribution in [2.24, 2.45) is 0 Å². The van der Waals surface area contributed by atoms with Crippen LogP contribution in [0, 0.1) is 20.8 Å². The van der Waals surface area contributed by atoms with Gasteiger partial charge in [-0.2, -0.15) is 0 Å². The highest BCUT2D eigenvalue weighted by atomic mass is 16.5. The van der Waals surface area contributed by atoms with Gasteiger partial charge in [0, 0.05) is 31.9 Å². The van der Waals surface area contributed by atoms with Crippen LogP contribution in [0.2, 0.25) is 0 Å². The molecule has 6 heteroatoms. The van der Waals surface area contributed by atoms with E-state index in [1.54, 1.807) is 6.07 Å². The van der Waals surface area contributed by atoms with Crippen molar-refractivity contribution in [3.05, 3.63) is 58.7 Å². The van der Waals surface area contributed by atoms with Gasteiger partial charge in [0.25, 0.3) is 0 Å². The molecule has 6 nitrogen and oxygen atoms in total. The van der Waals surface area contributed by atoms with E-state index < -0.39 is 0 Å². The highest BCUT2D eigenvalue weighted by Crippen LogP contribution is 2.24. The first-order chi connectivity index (χ1) is 13.4. The van der Waals surface area contributed by atoms with Crippen LogP contribution in [0.1, 0.15) is 27.0 Å². The molecule has 0 aliphatic carbocycles. The average Bonchev–Trinajstić information content (AvgIpc) is 2.70. The van der Waals surface area contributed by atoms with Gasteiger partial charge in [-0.15, -0.1) is 0 Å². The molecule has 0 unspecified atom stereocenters. The molecule has 0 aromatic heterocycles. The lowest BCUT2D eigenvalue weighted by Gasteiger charge is -2.36. The number of hydrogen-bond acceptors (Lipinski definition) is 4. The molecule has 0 bridgehead atoms. The number of esters is 1. The summed E-state index contributed by atoms with van der Waals surface area (Å²) in [5.74, 6) is -0.346. The van der Waals surface area contributed by atoms with Gasteiger partial charge in [0.05, 0.1) is 18.4 Å². The molecule has 2 aromatic rings. The second-order valence-electron chi connectivity index (χ2n) is 7.19. The molecule has 3 rings (SSSR count). The van der Waals surface area contributed by atoms with Crippen LogP contribution in [0.4, 0.5) is 16.2 Å². The Morgan fingerprint density at radius 1 is 0.964 bits per heavy atom. The molecule has 2 amide bonds. The molecule has 0 radical (unpaired) electrons. The first kappa shape index (κ1) is 19.7. The number of methoxy groups -OCH3 is 1. The van der Waals surface area contributed by atoms with Crippen LogP contribution in [0.3, 0.4) is 0 Å². The number of nitrogens with zero attached hydrogens (tertiary/aromatic N) is 2. The normalized spacial score (nSPS) is 14.0. The molecule has 148 valence electrons. The lowest BCUT2D eigenvalue weighted by molar-refractivity contribution is 0.0601. The molecule has 0 atom stereocenters. The maximum Gasteiger partial charge on any atom is 0.339 e. The number of benzene rings is 2. The minimum Gasteiger partial charge on any atom is -0.465 e.